The van der Waals surface area contributed by atoms with Crippen LogP contribution in [-0.2, 0) is 0 Å². The van der Waals surface area contributed by atoms with Gasteiger partial charge in [0.1, 0.15) is 5.69 Å². The van der Waals surface area contributed by atoms with E-state index in [9.17, 15) is 5.11 Å². The van der Waals surface area contributed by atoms with Gasteiger partial charge >= 0.3 is 0 Å². The predicted octanol–water partition coefficient (Wildman–Crippen LogP) is 0.383. The third kappa shape index (κ3) is 2.24. The molecule has 2 atom stereocenters. The monoisotopic (exact) mass is 250 g/mol. The van der Waals surface area contributed by atoms with E-state index >= 15 is 0 Å². The molecule has 0 bridgehead atoms. The van der Waals surface area contributed by atoms with Gasteiger partial charge in [-0.15, -0.1) is 0 Å². The molecule has 0 amide bonds. The van der Waals surface area contributed by atoms with Crippen molar-refractivity contribution in [2.24, 2.45) is 16.8 Å². The zero-order valence-electron chi connectivity index (χ0n) is 10.3. The van der Waals surface area contributed by atoms with E-state index in [1.807, 2.05) is 6.07 Å². The Morgan fingerprint density at radius 2 is 2.44 bits per heavy atom. The SMILES string of the molecule is CC1CCN(c2ccnc(/C(N)=N/O)c2)C1CO. The maximum absolute atomic E-state index is 9.45. The molecule has 0 aliphatic carbocycles. The van der Waals surface area contributed by atoms with E-state index < -0.39 is 0 Å². The molecule has 1 aromatic heterocycles. The van der Waals surface area contributed by atoms with Crippen LogP contribution < -0.4 is 10.6 Å². The van der Waals surface area contributed by atoms with Crippen LogP contribution in [0.4, 0.5) is 5.69 Å². The number of aromatic nitrogens is 1. The summed E-state index contributed by atoms with van der Waals surface area (Å²) in [5.74, 6) is 0.445. The van der Waals surface area contributed by atoms with Crippen molar-refractivity contribution in [3.8, 4) is 0 Å². The van der Waals surface area contributed by atoms with E-state index in [0.29, 0.717) is 11.6 Å². The Bertz CT molecular complexity index is 449. The van der Waals surface area contributed by atoms with E-state index in [2.05, 4.69) is 22.0 Å². The van der Waals surface area contributed by atoms with Crippen LogP contribution in [0.1, 0.15) is 19.0 Å². The summed E-state index contributed by atoms with van der Waals surface area (Å²) in [5, 5.41) is 21.0. The van der Waals surface area contributed by atoms with Gasteiger partial charge in [0.2, 0.25) is 0 Å². The number of hydrogen-bond acceptors (Lipinski definition) is 5. The molecule has 98 valence electrons. The van der Waals surface area contributed by atoms with Crippen molar-refractivity contribution in [1.82, 2.24) is 4.98 Å². The molecule has 1 fully saturated rings. The standard InChI is InChI=1S/C12H18N4O2/c1-8-3-5-16(11(8)7-17)9-2-4-14-10(6-9)12(13)15-18/h2,4,6,8,11,17-18H,3,5,7H2,1H3,(H2,13,15). The Balaban J connectivity index is 2.28. The molecule has 0 aromatic carbocycles. The molecular formula is C12H18N4O2. The molecule has 18 heavy (non-hydrogen) atoms. The second kappa shape index (κ2) is 5.22. The van der Waals surface area contributed by atoms with Gasteiger partial charge in [0, 0.05) is 18.4 Å². The molecule has 2 rings (SSSR count). The third-order valence-corrected chi connectivity index (χ3v) is 3.51. The van der Waals surface area contributed by atoms with Crippen LogP contribution in [0, 0.1) is 5.92 Å². The smallest absolute Gasteiger partial charge is 0.188 e. The quantitative estimate of drug-likeness (QED) is 0.312. The maximum Gasteiger partial charge on any atom is 0.188 e. The minimum absolute atomic E-state index is 0.00959. The topological polar surface area (TPSA) is 95.0 Å². The largest absolute Gasteiger partial charge is 0.409 e. The molecule has 1 aliphatic heterocycles. The first-order valence-corrected chi connectivity index (χ1v) is 5.98. The lowest BCUT2D eigenvalue weighted by Crippen LogP contribution is -2.35. The van der Waals surface area contributed by atoms with Crippen LogP contribution >= 0.6 is 0 Å². The molecule has 2 unspecified atom stereocenters. The number of nitrogens with two attached hydrogens (primary N) is 1. The fourth-order valence-electron chi connectivity index (χ4n) is 2.40. The van der Waals surface area contributed by atoms with Gasteiger partial charge in [-0.25, -0.2) is 0 Å². The third-order valence-electron chi connectivity index (χ3n) is 3.51. The fraction of sp³-hybridized carbons (Fsp3) is 0.500. The van der Waals surface area contributed by atoms with Crippen molar-refractivity contribution in [1.29, 1.82) is 0 Å². The first kappa shape index (κ1) is 12.6. The minimum Gasteiger partial charge on any atom is -0.409 e. The number of hydrogen-bond donors (Lipinski definition) is 3. The van der Waals surface area contributed by atoms with Crippen molar-refractivity contribution >= 4 is 11.5 Å². The number of oxime groups is 1. The average molecular weight is 250 g/mol. The first-order valence-electron chi connectivity index (χ1n) is 5.98. The van der Waals surface area contributed by atoms with Crippen LogP contribution in [0.25, 0.3) is 0 Å². The van der Waals surface area contributed by atoms with Gasteiger partial charge in [-0.2, -0.15) is 0 Å². The lowest BCUT2D eigenvalue weighted by Gasteiger charge is -2.27. The Kier molecular flexibility index (Phi) is 3.66. The number of anilines is 1. The highest BCUT2D eigenvalue weighted by Crippen LogP contribution is 2.29. The number of nitrogens with zero attached hydrogens (tertiary/aromatic N) is 3. The van der Waals surface area contributed by atoms with Crippen LogP contribution in [0.15, 0.2) is 23.5 Å². The summed E-state index contributed by atoms with van der Waals surface area (Å²) in [7, 11) is 0. The molecular weight excluding hydrogens is 232 g/mol. The Morgan fingerprint density at radius 3 is 3.11 bits per heavy atom. The highest BCUT2D eigenvalue weighted by atomic mass is 16.4. The first-order chi connectivity index (χ1) is 8.67. The molecule has 0 radical (unpaired) electrons. The van der Waals surface area contributed by atoms with Gasteiger partial charge in [-0.3, -0.25) is 4.98 Å². The number of rotatable bonds is 3. The summed E-state index contributed by atoms with van der Waals surface area (Å²) in [6.07, 6.45) is 2.67. The normalized spacial score (nSPS) is 24.6. The highest BCUT2D eigenvalue weighted by Gasteiger charge is 2.30. The number of amidine groups is 1. The maximum atomic E-state index is 9.45. The zero-order valence-corrected chi connectivity index (χ0v) is 10.3. The minimum atomic E-state index is -0.00959. The van der Waals surface area contributed by atoms with Gasteiger partial charge in [-0.05, 0) is 24.5 Å². The second-order valence-corrected chi connectivity index (χ2v) is 4.59. The highest BCUT2D eigenvalue weighted by molar-refractivity contribution is 5.95. The Morgan fingerprint density at radius 1 is 1.67 bits per heavy atom. The number of aliphatic hydroxyl groups excluding tert-OH is 1. The van der Waals surface area contributed by atoms with Gasteiger partial charge in [0.25, 0.3) is 0 Å². The second-order valence-electron chi connectivity index (χ2n) is 4.59. The van der Waals surface area contributed by atoms with Gasteiger partial charge in [-0.1, -0.05) is 12.1 Å². The molecule has 0 saturated carbocycles. The molecule has 1 saturated heterocycles. The Hall–Kier alpha value is -1.82. The molecule has 6 heteroatoms. The number of pyridine rings is 1. The van der Waals surface area contributed by atoms with Gasteiger partial charge in [0.05, 0.1) is 12.6 Å². The van der Waals surface area contributed by atoms with Crippen molar-refractivity contribution in [3.63, 3.8) is 0 Å². The van der Waals surface area contributed by atoms with Crippen LogP contribution in [0.5, 0.6) is 0 Å². The van der Waals surface area contributed by atoms with Gasteiger partial charge in [0.15, 0.2) is 5.84 Å². The van der Waals surface area contributed by atoms with Crippen molar-refractivity contribution in [2.75, 3.05) is 18.1 Å². The lowest BCUT2D eigenvalue weighted by atomic mass is 10.0. The summed E-state index contributed by atoms with van der Waals surface area (Å²) in [4.78, 5) is 6.19. The van der Waals surface area contributed by atoms with Crippen molar-refractivity contribution in [2.45, 2.75) is 19.4 Å². The summed E-state index contributed by atoms with van der Waals surface area (Å²) in [6.45, 7) is 3.15. The van der Waals surface area contributed by atoms with E-state index in [1.165, 1.54) is 0 Å². The van der Waals surface area contributed by atoms with Crippen LogP contribution in [-0.4, -0.2) is 40.3 Å². The Labute approximate surface area is 106 Å². The van der Waals surface area contributed by atoms with E-state index in [4.69, 9.17) is 10.9 Å². The van der Waals surface area contributed by atoms with Gasteiger partial charge < -0.3 is 20.9 Å². The van der Waals surface area contributed by atoms with Crippen LogP contribution in [0.2, 0.25) is 0 Å². The predicted molar refractivity (Wildman–Crippen MR) is 68.7 cm³/mol. The molecule has 1 aromatic rings. The lowest BCUT2D eigenvalue weighted by molar-refractivity contribution is 0.245. The van der Waals surface area contributed by atoms with Crippen LogP contribution in [0.3, 0.4) is 0 Å². The molecule has 6 nitrogen and oxygen atoms in total. The summed E-state index contributed by atoms with van der Waals surface area (Å²) in [6, 6.07) is 3.76. The summed E-state index contributed by atoms with van der Waals surface area (Å²) in [5.41, 5.74) is 6.90. The van der Waals surface area contributed by atoms with Crippen molar-refractivity contribution < 1.29 is 10.3 Å². The number of aliphatic hydroxyl groups is 1. The molecule has 2 heterocycles. The van der Waals surface area contributed by atoms with E-state index in [-0.39, 0.29) is 18.5 Å². The molecule has 0 spiro atoms. The average Bonchev–Trinajstić information content (AvgIpc) is 2.79. The van der Waals surface area contributed by atoms with Crippen molar-refractivity contribution in [3.05, 3.63) is 24.0 Å². The van der Waals surface area contributed by atoms with E-state index in [0.717, 1.165) is 18.7 Å². The van der Waals surface area contributed by atoms with E-state index in [1.54, 1.807) is 12.3 Å². The molecule has 4 N–H and O–H groups in total. The summed E-state index contributed by atoms with van der Waals surface area (Å²) < 4.78 is 0. The zero-order chi connectivity index (χ0) is 13.1. The fourth-order valence-corrected chi connectivity index (χ4v) is 2.40. The molecule has 1 aliphatic rings. The summed E-state index contributed by atoms with van der Waals surface area (Å²) >= 11 is 0.